The molecule has 0 spiro atoms. The minimum absolute atomic E-state index is 0.0575. The predicted octanol–water partition coefficient (Wildman–Crippen LogP) is 1.88. The fraction of sp³-hybridized carbons (Fsp3) is 0.211. The maximum absolute atomic E-state index is 12.5. The zero-order valence-electron chi connectivity index (χ0n) is 14.6. The molecule has 1 amide bonds. The third kappa shape index (κ3) is 4.85. The van der Waals surface area contributed by atoms with Crippen molar-refractivity contribution in [2.45, 2.75) is 11.4 Å². The summed E-state index contributed by atoms with van der Waals surface area (Å²) in [7, 11) is -0.390. The van der Waals surface area contributed by atoms with Crippen LogP contribution in [0.5, 0.6) is 5.75 Å². The average molecular weight is 372 g/mol. The molecular formula is C19H20N2O4S. The lowest BCUT2D eigenvalue weighted by Gasteiger charge is -2.18. The van der Waals surface area contributed by atoms with Crippen LogP contribution in [-0.4, -0.2) is 39.9 Å². The number of hydrogen-bond acceptors (Lipinski definition) is 4. The first-order valence-electron chi connectivity index (χ1n) is 7.79. The van der Waals surface area contributed by atoms with Crippen molar-refractivity contribution in [3.05, 3.63) is 59.7 Å². The molecule has 136 valence electrons. The molecule has 7 heteroatoms. The van der Waals surface area contributed by atoms with E-state index < -0.39 is 10.0 Å². The number of amides is 1. The molecule has 0 aliphatic carbocycles. The normalized spacial score (nSPS) is 10.8. The molecule has 0 radical (unpaired) electrons. The highest BCUT2D eigenvalue weighted by molar-refractivity contribution is 7.89. The van der Waals surface area contributed by atoms with Gasteiger partial charge < -0.3 is 9.64 Å². The van der Waals surface area contributed by atoms with Crippen LogP contribution >= 0.6 is 0 Å². The van der Waals surface area contributed by atoms with Crippen molar-refractivity contribution in [2.75, 3.05) is 20.7 Å². The third-order valence-electron chi connectivity index (χ3n) is 3.70. The standard InChI is InChI=1S/C19H20N2O4S/c1-4-13-20-26(23,24)18-11-7-16(8-12-18)19(22)21(2)14-15-5-9-17(25-3)10-6-15/h1,5-12,20H,13-14H2,2-3H3. The van der Waals surface area contributed by atoms with Gasteiger partial charge in [0, 0.05) is 19.2 Å². The van der Waals surface area contributed by atoms with E-state index in [0.29, 0.717) is 12.1 Å². The van der Waals surface area contributed by atoms with E-state index in [2.05, 4.69) is 10.6 Å². The Morgan fingerprint density at radius 2 is 1.77 bits per heavy atom. The summed E-state index contributed by atoms with van der Waals surface area (Å²) in [4.78, 5) is 14.1. The van der Waals surface area contributed by atoms with Crippen LogP contribution in [0.25, 0.3) is 0 Å². The Bertz CT molecular complexity index is 898. The second-order valence-electron chi connectivity index (χ2n) is 5.56. The Labute approximate surface area is 153 Å². The molecule has 0 saturated carbocycles. The molecule has 0 fully saturated rings. The van der Waals surface area contributed by atoms with E-state index in [1.807, 2.05) is 24.3 Å². The number of benzene rings is 2. The van der Waals surface area contributed by atoms with Gasteiger partial charge in [-0.1, -0.05) is 18.1 Å². The van der Waals surface area contributed by atoms with Crippen LogP contribution in [0, 0.1) is 12.3 Å². The largest absolute Gasteiger partial charge is 0.497 e. The van der Waals surface area contributed by atoms with Gasteiger partial charge in [-0.05, 0) is 42.0 Å². The minimum Gasteiger partial charge on any atom is -0.497 e. The molecule has 0 aromatic heterocycles. The summed E-state index contributed by atoms with van der Waals surface area (Å²) in [6.45, 7) is 0.334. The molecule has 26 heavy (non-hydrogen) atoms. The summed E-state index contributed by atoms with van der Waals surface area (Å²) >= 11 is 0. The van der Waals surface area contributed by atoms with Gasteiger partial charge in [-0.15, -0.1) is 6.42 Å². The summed E-state index contributed by atoms with van der Waals surface area (Å²) in [6.07, 6.45) is 5.06. The summed E-state index contributed by atoms with van der Waals surface area (Å²) in [6, 6.07) is 13.2. The number of nitrogens with one attached hydrogen (secondary N) is 1. The van der Waals surface area contributed by atoms with E-state index in [-0.39, 0.29) is 17.3 Å². The maximum atomic E-state index is 12.5. The number of hydrogen-bond donors (Lipinski definition) is 1. The average Bonchev–Trinajstić information content (AvgIpc) is 2.66. The second kappa shape index (κ2) is 8.52. The highest BCUT2D eigenvalue weighted by atomic mass is 32.2. The van der Waals surface area contributed by atoms with Gasteiger partial charge in [0.05, 0.1) is 18.6 Å². The Morgan fingerprint density at radius 3 is 2.31 bits per heavy atom. The highest BCUT2D eigenvalue weighted by Gasteiger charge is 2.16. The summed E-state index contributed by atoms with van der Waals surface area (Å²) in [5.74, 6) is 2.75. The van der Waals surface area contributed by atoms with E-state index in [9.17, 15) is 13.2 Å². The first kappa shape index (κ1) is 19.5. The molecule has 0 aliphatic heterocycles. The van der Waals surface area contributed by atoms with E-state index in [0.717, 1.165) is 11.3 Å². The Hall–Kier alpha value is -2.82. The van der Waals surface area contributed by atoms with Crippen molar-refractivity contribution < 1.29 is 17.9 Å². The molecule has 0 bridgehead atoms. The molecule has 2 aromatic rings. The molecular weight excluding hydrogens is 352 g/mol. The molecule has 6 nitrogen and oxygen atoms in total. The van der Waals surface area contributed by atoms with E-state index in [4.69, 9.17) is 11.2 Å². The zero-order valence-corrected chi connectivity index (χ0v) is 15.4. The van der Waals surface area contributed by atoms with Gasteiger partial charge in [-0.25, -0.2) is 8.42 Å². The van der Waals surface area contributed by atoms with Gasteiger partial charge in [0.2, 0.25) is 10.0 Å². The van der Waals surface area contributed by atoms with Gasteiger partial charge in [0.1, 0.15) is 5.75 Å². The lowest BCUT2D eigenvalue weighted by atomic mass is 10.1. The maximum Gasteiger partial charge on any atom is 0.253 e. The summed E-state index contributed by atoms with van der Waals surface area (Å²) < 4.78 is 31.4. The summed E-state index contributed by atoms with van der Waals surface area (Å²) in [5, 5.41) is 0. The van der Waals surface area contributed by atoms with Crippen LogP contribution in [0.2, 0.25) is 0 Å². The second-order valence-corrected chi connectivity index (χ2v) is 7.33. The number of nitrogens with zero attached hydrogens (tertiary/aromatic N) is 1. The molecule has 0 aliphatic rings. The van der Waals surface area contributed by atoms with Crippen molar-refractivity contribution in [1.82, 2.24) is 9.62 Å². The predicted molar refractivity (Wildman–Crippen MR) is 99.3 cm³/mol. The summed E-state index contributed by atoms with van der Waals surface area (Å²) in [5.41, 5.74) is 1.36. The van der Waals surface area contributed by atoms with Crippen LogP contribution in [0.1, 0.15) is 15.9 Å². The van der Waals surface area contributed by atoms with Crippen molar-refractivity contribution in [2.24, 2.45) is 0 Å². The molecule has 2 aromatic carbocycles. The number of methoxy groups -OCH3 is 1. The molecule has 0 atom stereocenters. The van der Waals surface area contributed by atoms with Crippen molar-refractivity contribution in [3.63, 3.8) is 0 Å². The number of carbonyl (C=O) groups excluding carboxylic acids is 1. The third-order valence-corrected chi connectivity index (χ3v) is 5.12. The van der Waals surface area contributed by atoms with Crippen LogP contribution in [0.3, 0.4) is 0 Å². The fourth-order valence-corrected chi connectivity index (χ4v) is 3.23. The number of terminal acetylenes is 1. The topological polar surface area (TPSA) is 75.7 Å². The molecule has 0 unspecified atom stereocenters. The molecule has 0 heterocycles. The lowest BCUT2D eigenvalue weighted by Crippen LogP contribution is -2.26. The van der Waals surface area contributed by atoms with Gasteiger partial charge in [-0.2, -0.15) is 4.72 Å². The first-order valence-corrected chi connectivity index (χ1v) is 9.27. The molecule has 1 N–H and O–H groups in total. The van der Waals surface area contributed by atoms with E-state index >= 15 is 0 Å². The van der Waals surface area contributed by atoms with Gasteiger partial charge in [0.15, 0.2) is 0 Å². The van der Waals surface area contributed by atoms with Crippen molar-refractivity contribution in [3.8, 4) is 18.1 Å². The number of sulfonamides is 1. The quantitative estimate of drug-likeness (QED) is 0.753. The molecule has 2 rings (SSSR count). The van der Waals surface area contributed by atoms with Crippen LogP contribution in [0.4, 0.5) is 0 Å². The zero-order chi connectivity index (χ0) is 19.2. The van der Waals surface area contributed by atoms with Crippen molar-refractivity contribution >= 4 is 15.9 Å². The fourth-order valence-electron chi connectivity index (χ4n) is 2.29. The smallest absolute Gasteiger partial charge is 0.253 e. The molecule has 0 saturated heterocycles. The lowest BCUT2D eigenvalue weighted by molar-refractivity contribution is 0.0785. The van der Waals surface area contributed by atoms with Crippen LogP contribution in [0.15, 0.2) is 53.4 Å². The number of ether oxygens (including phenoxy) is 1. The van der Waals surface area contributed by atoms with E-state index in [1.165, 1.54) is 24.3 Å². The van der Waals surface area contributed by atoms with Crippen molar-refractivity contribution in [1.29, 1.82) is 0 Å². The number of rotatable bonds is 7. The van der Waals surface area contributed by atoms with Crippen LogP contribution in [-0.2, 0) is 16.6 Å². The monoisotopic (exact) mass is 372 g/mol. The highest BCUT2D eigenvalue weighted by Crippen LogP contribution is 2.15. The van der Waals surface area contributed by atoms with Crippen LogP contribution < -0.4 is 9.46 Å². The van der Waals surface area contributed by atoms with Gasteiger partial charge in [-0.3, -0.25) is 4.79 Å². The Balaban J connectivity index is 2.07. The minimum atomic E-state index is -3.67. The number of carbonyl (C=O) groups is 1. The Morgan fingerprint density at radius 1 is 1.15 bits per heavy atom. The Kier molecular flexibility index (Phi) is 6.39. The SMILES string of the molecule is C#CCNS(=O)(=O)c1ccc(C(=O)N(C)Cc2ccc(OC)cc2)cc1. The van der Waals surface area contributed by atoms with E-state index in [1.54, 1.807) is 19.1 Å². The van der Waals surface area contributed by atoms with Gasteiger partial charge >= 0.3 is 0 Å². The van der Waals surface area contributed by atoms with Gasteiger partial charge in [0.25, 0.3) is 5.91 Å². The first-order chi connectivity index (χ1) is 12.4.